The van der Waals surface area contributed by atoms with E-state index in [1.165, 1.54) is 0 Å². The van der Waals surface area contributed by atoms with Gasteiger partial charge in [-0.2, -0.15) is 0 Å². The average molecular weight is 317 g/mol. The van der Waals surface area contributed by atoms with Crippen molar-refractivity contribution < 1.29 is 4.79 Å². The SMILES string of the molecule is C=C(C)N(C=NC)Cc1ccccc1C(=O)N(CC)CC.CC. The number of amides is 1. The maximum absolute atomic E-state index is 12.6. The molecule has 128 valence electrons. The van der Waals surface area contributed by atoms with Crippen molar-refractivity contribution in [2.45, 2.75) is 41.2 Å². The van der Waals surface area contributed by atoms with Gasteiger partial charge in [0, 0.05) is 37.9 Å². The minimum absolute atomic E-state index is 0.0747. The summed E-state index contributed by atoms with van der Waals surface area (Å²) in [4.78, 5) is 20.4. The lowest BCUT2D eigenvalue weighted by molar-refractivity contribution is 0.0771. The molecule has 0 aliphatic heterocycles. The molecule has 0 spiro atoms. The number of allylic oxidation sites excluding steroid dienone is 1. The molecule has 0 atom stereocenters. The first-order valence-corrected chi connectivity index (χ1v) is 8.26. The van der Waals surface area contributed by atoms with Gasteiger partial charge in [0.2, 0.25) is 0 Å². The van der Waals surface area contributed by atoms with Crippen LogP contribution in [0.4, 0.5) is 0 Å². The van der Waals surface area contributed by atoms with Crippen molar-refractivity contribution in [2.75, 3.05) is 20.1 Å². The maximum atomic E-state index is 12.6. The van der Waals surface area contributed by atoms with E-state index in [-0.39, 0.29) is 5.91 Å². The van der Waals surface area contributed by atoms with Gasteiger partial charge in [-0.25, -0.2) is 0 Å². The lowest BCUT2D eigenvalue weighted by Gasteiger charge is -2.23. The van der Waals surface area contributed by atoms with Crippen molar-refractivity contribution in [2.24, 2.45) is 4.99 Å². The molecule has 0 heterocycles. The lowest BCUT2D eigenvalue weighted by Crippen LogP contribution is -2.32. The number of carbonyl (C=O) groups is 1. The number of nitrogens with zero attached hydrogens (tertiary/aromatic N) is 3. The zero-order chi connectivity index (χ0) is 17.8. The summed E-state index contributed by atoms with van der Waals surface area (Å²) in [6.07, 6.45) is 1.74. The standard InChI is InChI=1S/C17H25N3O.C2H6/c1-6-19(7-2)17(21)16-11-9-8-10-15(16)12-20(13-18-5)14(3)4;1-2/h8-11,13H,3,6-7,12H2,1-2,4-5H3;1-2H3. The van der Waals surface area contributed by atoms with Crippen LogP contribution in [0.25, 0.3) is 0 Å². The van der Waals surface area contributed by atoms with Crippen LogP contribution in [0.2, 0.25) is 0 Å². The largest absolute Gasteiger partial charge is 0.339 e. The number of hydrogen-bond donors (Lipinski definition) is 0. The zero-order valence-corrected chi connectivity index (χ0v) is 15.5. The third-order valence-corrected chi connectivity index (χ3v) is 3.38. The molecule has 0 fully saturated rings. The van der Waals surface area contributed by atoms with Gasteiger partial charge in [-0.3, -0.25) is 9.79 Å². The summed E-state index contributed by atoms with van der Waals surface area (Å²) in [5.41, 5.74) is 2.62. The molecule has 0 aliphatic rings. The molecule has 1 amide bonds. The zero-order valence-electron chi connectivity index (χ0n) is 15.5. The monoisotopic (exact) mass is 317 g/mol. The molecule has 0 unspecified atom stereocenters. The molecular weight excluding hydrogens is 286 g/mol. The van der Waals surface area contributed by atoms with Crippen LogP contribution in [0.3, 0.4) is 0 Å². The smallest absolute Gasteiger partial charge is 0.254 e. The van der Waals surface area contributed by atoms with Crippen LogP contribution in [-0.4, -0.2) is 42.2 Å². The summed E-state index contributed by atoms with van der Waals surface area (Å²) in [6, 6.07) is 7.72. The lowest BCUT2D eigenvalue weighted by atomic mass is 10.1. The van der Waals surface area contributed by atoms with Crippen molar-refractivity contribution in [3.63, 3.8) is 0 Å². The van der Waals surface area contributed by atoms with Crippen LogP contribution >= 0.6 is 0 Å². The molecule has 1 aromatic carbocycles. The second-order valence-electron chi connectivity index (χ2n) is 4.87. The van der Waals surface area contributed by atoms with Gasteiger partial charge in [0.1, 0.15) is 0 Å². The number of hydrogen-bond acceptors (Lipinski definition) is 2. The molecule has 0 saturated carbocycles. The molecule has 0 aromatic heterocycles. The predicted octanol–water partition coefficient (Wildman–Crippen LogP) is 4.19. The van der Waals surface area contributed by atoms with Gasteiger partial charge in [0.25, 0.3) is 5.91 Å². The molecule has 1 rings (SSSR count). The molecule has 4 heteroatoms. The molecule has 0 radical (unpaired) electrons. The number of rotatable bonds is 7. The van der Waals surface area contributed by atoms with Crippen LogP contribution in [0.1, 0.15) is 50.5 Å². The summed E-state index contributed by atoms with van der Waals surface area (Å²) in [5, 5.41) is 0. The van der Waals surface area contributed by atoms with Crippen molar-refractivity contribution in [1.29, 1.82) is 0 Å². The van der Waals surface area contributed by atoms with E-state index in [0.717, 1.165) is 16.8 Å². The summed E-state index contributed by atoms with van der Waals surface area (Å²) >= 11 is 0. The number of carbonyl (C=O) groups excluding carboxylic acids is 1. The molecule has 0 aliphatic carbocycles. The van der Waals surface area contributed by atoms with Crippen molar-refractivity contribution >= 4 is 12.2 Å². The van der Waals surface area contributed by atoms with Crippen LogP contribution in [0.5, 0.6) is 0 Å². The van der Waals surface area contributed by atoms with Crippen LogP contribution in [0.15, 0.2) is 41.5 Å². The molecule has 4 nitrogen and oxygen atoms in total. The third kappa shape index (κ3) is 6.27. The van der Waals surface area contributed by atoms with Crippen molar-refractivity contribution in [1.82, 2.24) is 9.80 Å². The molecule has 23 heavy (non-hydrogen) atoms. The Labute approximate surface area is 141 Å². The maximum Gasteiger partial charge on any atom is 0.254 e. The first kappa shape index (κ1) is 20.9. The molecule has 1 aromatic rings. The highest BCUT2D eigenvalue weighted by Gasteiger charge is 2.17. The fraction of sp³-hybridized carbons (Fsp3) is 0.474. The Hall–Kier alpha value is -2.10. The second-order valence-corrected chi connectivity index (χ2v) is 4.87. The summed E-state index contributed by atoms with van der Waals surface area (Å²) in [6.45, 7) is 15.9. The van der Waals surface area contributed by atoms with E-state index >= 15 is 0 Å². The Bertz CT molecular complexity index is 519. The Morgan fingerprint density at radius 1 is 1.22 bits per heavy atom. The molecular formula is C19H31N3O. The van der Waals surface area contributed by atoms with E-state index in [4.69, 9.17) is 0 Å². The van der Waals surface area contributed by atoms with E-state index in [1.54, 1.807) is 13.4 Å². The Kier molecular flexibility index (Phi) is 10.4. The van der Waals surface area contributed by atoms with Crippen molar-refractivity contribution in [3.05, 3.63) is 47.7 Å². The predicted molar refractivity (Wildman–Crippen MR) is 99.8 cm³/mol. The normalized spacial score (nSPS) is 10.0. The summed E-state index contributed by atoms with van der Waals surface area (Å²) in [5.74, 6) is 0.0747. The topological polar surface area (TPSA) is 35.9 Å². The van der Waals surface area contributed by atoms with Crippen LogP contribution in [-0.2, 0) is 6.54 Å². The van der Waals surface area contributed by atoms with Crippen LogP contribution < -0.4 is 0 Å². The Morgan fingerprint density at radius 3 is 2.26 bits per heavy atom. The second kappa shape index (κ2) is 11.5. The minimum Gasteiger partial charge on any atom is -0.339 e. The fourth-order valence-corrected chi connectivity index (χ4v) is 2.15. The Morgan fingerprint density at radius 2 is 1.78 bits per heavy atom. The van der Waals surface area contributed by atoms with Crippen molar-refractivity contribution in [3.8, 4) is 0 Å². The van der Waals surface area contributed by atoms with Gasteiger partial charge < -0.3 is 9.80 Å². The average Bonchev–Trinajstić information content (AvgIpc) is 2.57. The van der Waals surface area contributed by atoms with Crippen LogP contribution in [0, 0.1) is 0 Å². The minimum atomic E-state index is 0.0747. The quantitative estimate of drug-likeness (QED) is 0.558. The van der Waals surface area contributed by atoms with Gasteiger partial charge in [0.05, 0.1) is 6.34 Å². The van der Waals surface area contributed by atoms with E-state index in [0.29, 0.717) is 19.6 Å². The van der Waals surface area contributed by atoms with E-state index in [9.17, 15) is 4.79 Å². The van der Waals surface area contributed by atoms with E-state index < -0.39 is 0 Å². The molecule has 0 saturated heterocycles. The van der Waals surface area contributed by atoms with Gasteiger partial charge in [-0.05, 0) is 32.4 Å². The fourth-order valence-electron chi connectivity index (χ4n) is 2.15. The third-order valence-electron chi connectivity index (χ3n) is 3.38. The first-order chi connectivity index (χ1) is 11.0. The Balaban J connectivity index is 0.00000232. The molecule has 0 bridgehead atoms. The first-order valence-electron chi connectivity index (χ1n) is 8.26. The molecule has 0 N–H and O–H groups in total. The summed E-state index contributed by atoms with van der Waals surface area (Å²) < 4.78 is 0. The van der Waals surface area contributed by atoms with Gasteiger partial charge >= 0.3 is 0 Å². The highest BCUT2D eigenvalue weighted by molar-refractivity contribution is 5.95. The van der Waals surface area contributed by atoms with Gasteiger partial charge in [-0.1, -0.05) is 38.6 Å². The number of benzene rings is 1. The van der Waals surface area contributed by atoms with Gasteiger partial charge in [-0.15, -0.1) is 0 Å². The van der Waals surface area contributed by atoms with Gasteiger partial charge in [0.15, 0.2) is 0 Å². The highest BCUT2D eigenvalue weighted by atomic mass is 16.2. The highest BCUT2D eigenvalue weighted by Crippen LogP contribution is 2.15. The number of aliphatic imine (C=N–C) groups is 1. The van der Waals surface area contributed by atoms with E-state index in [2.05, 4.69) is 11.6 Å². The summed E-state index contributed by atoms with van der Waals surface area (Å²) in [7, 11) is 1.73. The van der Waals surface area contributed by atoms with E-state index in [1.807, 2.05) is 68.7 Å².